The van der Waals surface area contributed by atoms with Crippen molar-refractivity contribution in [2.24, 2.45) is 5.73 Å². The Morgan fingerprint density at radius 1 is 1.53 bits per heavy atom. The summed E-state index contributed by atoms with van der Waals surface area (Å²) in [6.45, 7) is 3.61. The molecular weight excluding hydrogens is 190 g/mol. The van der Waals surface area contributed by atoms with Crippen LogP contribution in [0.15, 0.2) is 36.9 Å². The van der Waals surface area contributed by atoms with Crippen molar-refractivity contribution in [1.82, 2.24) is 0 Å². The number of benzene rings is 1. The second-order valence-electron chi connectivity index (χ2n) is 3.36. The Morgan fingerprint density at radius 2 is 2.20 bits per heavy atom. The van der Waals surface area contributed by atoms with Gasteiger partial charge in [0.05, 0.1) is 5.56 Å². The van der Waals surface area contributed by atoms with Crippen LogP contribution in [0.2, 0.25) is 0 Å². The number of hydrogen-bond donors (Lipinski definition) is 2. The molecule has 3 nitrogen and oxygen atoms in total. The normalized spacial score (nSPS) is 12.1. The summed E-state index contributed by atoms with van der Waals surface area (Å²) in [5, 5.41) is 8.96. The molecule has 0 aliphatic carbocycles. The number of carboxylic acid groups (broad SMARTS) is 1. The maximum Gasteiger partial charge on any atom is 0.336 e. The molecule has 3 N–H and O–H groups in total. The highest BCUT2D eigenvalue weighted by atomic mass is 16.4. The molecule has 1 aromatic rings. The maximum atomic E-state index is 10.9. The molecule has 0 heterocycles. The van der Waals surface area contributed by atoms with Gasteiger partial charge >= 0.3 is 5.97 Å². The van der Waals surface area contributed by atoms with Gasteiger partial charge in [-0.3, -0.25) is 0 Å². The molecule has 0 amide bonds. The first-order valence-electron chi connectivity index (χ1n) is 4.85. The maximum absolute atomic E-state index is 10.9. The summed E-state index contributed by atoms with van der Waals surface area (Å²) in [4.78, 5) is 10.9. The Morgan fingerprint density at radius 3 is 2.80 bits per heavy atom. The number of hydrogen-bond acceptors (Lipinski definition) is 2. The molecule has 1 atom stereocenters. The van der Waals surface area contributed by atoms with Crippen LogP contribution in [0.3, 0.4) is 0 Å². The van der Waals surface area contributed by atoms with Gasteiger partial charge in [0.15, 0.2) is 0 Å². The fourth-order valence-corrected chi connectivity index (χ4v) is 1.47. The van der Waals surface area contributed by atoms with Crippen molar-refractivity contribution in [3.8, 4) is 0 Å². The zero-order valence-electron chi connectivity index (χ0n) is 8.52. The van der Waals surface area contributed by atoms with Gasteiger partial charge in [0.1, 0.15) is 0 Å². The van der Waals surface area contributed by atoms with Gasteiger partial charge in [0, 0.05) is 6.04 Å². The Bertz CT molecular complexity index is 360. The Kier molecular flexibility index (Phi) is 4.06. The van der Waals surface area contributed by atoms with Crippen molar-refractivity contribution in [2.75, 3.05) is 0 Å². The number of rotatable bonds is 5. The van der Waals surface area contributed by atoms with Crippen LogP contribution in [0.5, 0.6) is 0 Å². The fourth-order valence-electron chi connectivity index (χ4n) is 1.47. The highest BCUT2D eigenvalue weighted by Gasteiger charge is 2.14. The Hall–Kier alpha value is -1.61. The molecule has 0 spiro atoms. The summed E-state index contributed by atoms with van der Waals surface area (Å²) >= 11 is 0. The van der Waals surface area contributed by atoms with Crippen molar-refractivity contribution in [3.63, 3.8) is 0 Å². The van der Waals surface area contributed by atoms with Gasteiger partial charge in [0.2, 0.25) is 0 Å². The third kappa shape index (κ3) is 2.92. The van der Waals surface area contributed by atoms with Gasteiger partial charge in [-0.15, -0.1) is 6.58 Å². The van der Waals surface area contributed by atoms with Crippen LogP contribution in [-0.2, 0) is 0 Å². The van der Waals surface area contributed by atoms with E-state index >= 15 is 0 Å². The van der Waals surface area contributed by atoms with E-state index in [0.717, 1.165) is 6.42 Å². The van der Waals surface area contributed by atoms with Gasteiger partial charge < -0.3 is 10.8 Å². The highest BCUT2D eigenvalue weighted by Crippen LogP contribution is 2.20. The van der Waals surface area contributed by atoms with Crippen molar-refractivity contribution in [2.45, 2.75) is 18.9 Å². The second-order valence-corrected chi connectivity index (χ2v) is 3.36. The minimum atomic E-state index is -0.931. The quantitative estimate of drug-likeness (QED) is 0.725. The molecular formula is C12H15NO2. The van der Waals surface area contributed by atoms with Gasteiger partial charge in [-0.25, -0.2) is 4.79 Å². The zero-order chi connectivity index (χ0) is 11.3. The summed E-state index contributed by atoms with van der Waals surface area (Å²) in [7, 11) is 0. The molecule has 1 aromatic carbocycles. The molecule has 0 aliphatic rings. The first-order valence-corrected chi connectivity index (χ1v) is 4.85. The lowest BCUT2D eigenvalue weighted by Gasteiger charge is -2.13. The number of carbonyl (C=O) groups is 1. The van der Waals surface area contributed by atoms with E-state index in [1.165, 1.54) is 0 Å². The van der Waals surface area contributed by atoms with Gasteiger partial charge in [-0.05, 0) is 24.5 Å². The minimum Gasteiger partial charge on any atom is -0.478 e. The van der Waals surface area contributed by atoms with Crippen LogP contribution in [0, 0.1) is 0 Å². The van der Waals surface area contributed by atoms with Crippen LogP contribution in [0.1, 0.15) is 34.8 Å². The van der Waals surface area contributed by atoms with E-state index < -0.39 is 5.97 Å². The molecule has 0 fully saturated rings. The molecule has 3 heteroatoms. The van der Waals surface area contributed by atoms with Crippen molar-refractivity contribution < 1.29 is 9.90 Å². The molecule has 0 radical (unpaired) electrons. The van der Waals surface area contributed by atoms with Crippen LogP contribution in [-0.4, -0.2) is 11.1 Å². The highest BCUT2D eigenvalue weighted by molar-refractivity contribution is 5.89. The number of aromatic carboxylic acids is 1. The SMILES string of the molecule is C=CCC[C@H](N)c1ccccc1C(=O)O. The molecule has 0 bridgehead atoms. The first kappa shape index (κ1) is 11.5. The zero-order valence-corrected chi connectivity index (χ0v) is 8.52. The van der Waals surface area contributed by atoms with E-state index in [-0.39, 0.29) is 11.6 Å². The Labute approximate surface area is 89.2 Å². The van der Waals surface area contributed by atoms with Crippen molar-refractivity contribution in [3.05, 3.63) is 48.0 Å². The van der Waals surface area contributed by atoms with Gasteiger partial charge in [-0.2, -0.15) is 0 Å². The fraction of sp³-hybridized carbons (Fsp3) is 0.250. The number of nitrogens with two attached hydrogens (primary N) is 1. The third-order valence-corrected chi connectivity index (χ3v) is 2.27. The lowest BCUT2D eigenvalue weighted by Crippen LogP contribution is -2.14. The van der Waals surface area contributed by atoms with E-state index in [1.54, 1.807) is 30.3 Å². The van der Waals surface area contributed by atoms with E-state index in [2.05, 4.69) is 6.58 Å². The molecule has 1 rings (SSSR count). The third-order valence-electron chi connectivity index (χ3n) is 2.27. The second kappa shape index (κ2) is 5.32. The van der Waals surface area contributed by atoms with E-state index in [4.69, 9.17) is 10.8 Å². The van der Waals surface area contributed by atoms with Crippen molar-refractivity contribution >= 4 is 5.97 Å². The molecule has 0 aliphatic heterocycles. The van der Waals surface area contributed by atoms with Crippen molar-refractivity contribution in [1.29, 1.82) is 0 Å². The van der Waals surface area contributed by atoms with Gasteiger partial charge in [0.25, 0.3) is 0 Å². The molecule has 0 unspecified atom stereocenters. The standard InChI is InChI=1S/C12H15NO2/c1-2-3-8-11(13)9-6-4-5-7-10(9)12(14)15/h2,4-7,11H,1,3,8,13H2,(H,14,15)/t11-/m0/s1. The Balaban J connectivity index is 2.91. The van der Waals surface area contributed by atoms with Crippen LogP contribution in [0.25, 0.3) is 0 Å². The predicted molar refractivity (Wildman–Crippen MR) is 59.8 cm³/mol. The van der Waals surface area contributed by atoms with E-state index in [9.17, 15) is 4.79 Å². The monoisotopic (exact) mass is 205 g/mol. The lowest BCUT2D eigenvalue weighted by atomic mass is 9.97. The van der Waals surface area contributed by atoms with Crippen LogP contribution >= 0.6 is 0 Å². The summed E-state index contributed by atoms with van der Waals surface area (Å²) in [5.41, 5.74) is 6.88. The van der Waals surface area contributed by atoms with Crippen LogP contribution < -0.4 is 5.73 Å². The average molecular weight is 205 g/mol. The number of allylic oxidation sites excluding steroid dienone is 1. The average Bonchev–Trinajstić information content (AvgIpc) is 2.25. The number of carboxylic acids is 1. The summed E-state index contributed by atoms with van der Waals surface area (Å²) < 4.78 is 0. The largest absolute Gasteiger partial charge is 0.478 e. The molecule has 15 heavy (non-hydrogen) atoms. The molecule has 80 valence electrons. The smallest absolute Gasteiger partial charge is 0.336 e. The summed E-state index contributed by atoms with van der Waals surface area (Å²) in [6.07, 6.45) is 3.28. The lowest BCUT2D eigenvalue weighted by molar-refractivity contribution is 0.0695. The molecule has 0 saturated heterocycles. The van der Waals surface area contributed by atoms with E-state index in [0.29, 0.717) is 12.0 Å². The minimum absolute atomic E-state index is 0.240. The summed E-state index contributed by atoms with van der Waals surface area (Å²) in [5.74, 6) is -0.931. The van der Waals surface area contributed by atoms with Crippen LogP contribution in [0.4, 0.5) is 0 Å². The topological polar surface area (TPSA) is 63.3 Å². The molecule has 0 saturated carbocycles. The molecule has 0 aromatic heterocycles. The summed E-state index contributed by atoms with van der Waals surface area (Å²) in [6, 6.07) is 6.60. The predicted octanol–water partition coefficient (Wildman–Crippen LogP) is 2.35. The van der Waals surface area contributed by atoms with Gasteiger partial charge in [-0.1, -0.05) is 24.3 Å². The first-order chi connectivity index (χ1) is 7.16. The van der Waals surface area contributed by atoms with E-state index in [1.807, 2.05) is 0 Å².